The number of hydrogen-bond donors (Lipinski definition) is 1. The molecule has 0 aliphatic heterocycles. The van der Waals surface area contributed by atoms with E-state index in [9.17, 15) is 13.6 Å². The molecule has 0 spiro atoms. The van der Waals surface area contributed by atoms with Crippen molar-refractivity contribution in [3.63, 3.8) is 0 Å². The molecular weight excluding hydrogens is 286 g/mol. The van der Waals surface area contributed by atoms with E-state index in [0.717, 1.165) is 18.7 Å². The molecule has 1 rings (SSSR count). The number of rotatable bonds is 8. The van der Waals surface area contributed by atoms with Gasteiger partial charge in [-0.3, -0.25) is 9.69 Å². The average molecular weight is 312 g/mol. The summed E-state index contributed by atoms with van der Waals surface area (Å²) in [6.45, 7) is 9.91. The van der Waals surface area contributed by atoms with Crippen molar-refractivity contribution in [1.82, 2.24) is 10.2 Å². The lowest BCUT2D eigenvalue weighted by molar-refractivity contribution is -0.121. The van der Waals surface area contributed by atoms with Gasteiger partial charge in [-0.15, -0.1) is 0 Å². The maximum Gasteiger partial charge on any atom is 0.220 e. The van der Waals surface area contributed by atoms with Gasteiger partial charge in [0.25, 0.3) is 0 Å². The van der Waals surface area contributed by atoms with Gasteiger partial charge in [-0.25, -0.2) is 8.78 Å². The third-order valence-corrected chi connectivity index (χ3v) is 3.64. The minimum Gasteiger partial charge on any atom is -0.355 e. The van der Waals surface area contributed by atoms with Crippen molar-refractivity contribution in [2.75, 3.05) is 13.1 Å². The second kappa shape index (κ2) is 8.83. The highest BCUT2D eigenvalue weighted by Gasteiger charge is 2.13. The van der Waals surface area contributed by atoms with Crippen LogP contribution in [0.2, 0.25) is 0 Å². The van der Waals surface area contributed by atoms with Crippen LogP contribution in [0, 0.1) is 11.6 Å². The van der Waals surface area contributed by atoms with E-state index in [1.807, 2.05) is 0 Å². The molecule has 5 heteroatoms. The standard InChI is InChI=1S/C17H26F2N2O/c1-12(2)21(13(3)4)10-9-20-17(22)8-6-14-5-7-15(18)16(19)11-14/h5,7,11-13H,6,8-10H2,1-4H3,(H,20,22). The molecule has 1 aromatic carbocycles. The molecule has 0 aliphatic rings. The Morgan fingerprint density at radius 2 is 1.77 bits per heavy atom. The molecule has 1 aromatic rings. The van der Waals surface area contributed by atoms with Crippen LogP contribution < -0.4 is 5.32 Å². The summed E-state index contributed by atoms with van der Waals surface area (Å²) in [5.41, 5.74) is 0.625. The zero-order valence-electron chi connectivity index (χ0n) is 13.8. The van der Waals surface area contributed by atoms with Crippen molar-refractivity contribution >= 4 is 5.91 Å². The molecule has 0 fully saturated rings. The predicted octanol–water partition coefficient (Wildman–Crippen LogP) is 3.13. The summed E-state index contributed by atoms with van der Waals surface area (Å²) >= 11 is 0. The Balaban J connectivity index is 2.33. The minimum absolute atomic E-state index is 0.0720. The van der Waals surface area contributed by atoms with E-state index in [1.165, 1.54) is 6.07 Å². The van der Waals surface area contributed by atoms with Crippen LogP contribution in [0.15, 0.2) is 18.2 Å². The fraction of sp³-hybridized carbons (Fsp3) is 0.588. The minimum atomic E-state index is -0.873. The number of nitrogens with zero attached hydrogens (tertiary/aromatic N) is 1. The van der Waals surface area contributed by atoms with Gasteiger partial charge in [0, 0.05) is 31.6 Å². The van der Waals surface area contributed by atoms with E-state index in [0.29, 0.717) is 30.6 Å². The number of aryl methyl sites for hydroxylation is 1. The number of amides is 1. The maximum absolute atomic E-state index is 13.1. The van der Waals surface area contributed by atoms with Crippen molar-refractivity contribution in [2.45, 2.75) is 52.6 Å². The number of hydrogen-bond acceptors (Lipinski definition) is 2. The van der Waals surface area contributed by atoms with E-state index in [-0.39, 0.29) is 12.3 Å². The van der Waals surface area contributed by atoms with Gasteiger partial charge in [0.1, 0.15) is 0 Å². The topological polar surface area (TPSA) is 32.3 Å². The molecule has 124 valence electrons. The molecule has 0 saturated heterocycles. The molecular formula is C17H26F2N2O. The first-order valence-corrected chi connectivity index (χ1v) is 7.77. The second-order valence-electron chi connectivity index (χ2n) is 6.02. The first kappa shape index (κ1) is 18.6. The molecule has 1 amide bonds. The van der Waals surface area contributed by atoms with Crippen molar-refractivity contribution in [1.29, 1.82) is 0 Å². The number of carbonyl (C=O) groups excluding carboxylic acids is 1. The molecule has 3 nitrogen and oxygen atoms in total. The number of halogens is 2. The maximum atomic E-state index is 13.1. The van der Waals surface area contributed by atoms with E-state index < -0.39 is 11.6 Å². The molecule has 0 atom stereocenters. The third-order valence-electron chi connectivity index (χ3n) is 3.64. The van der Waals surface area contributed by atoms with Crippen molar-refractivity contribution in [2.24, 2.45) is 0 Å². The van der Waals surface area contributed by atoms with Crippen LogP contribution in [0.1, 0.15) is 39.7 Å². The molecule has 0 aliphatic carbocycles. The fourth-order valence-corrected chi connectivity index (χ4v) is 2.48. The van der Waals surface area contributed by atoms with Crippen molar-refractivity contribution in [3.8, 4) is 0 Å². The summed E-state index contributed by atoms with van der Waals surface area (Å²) in [6.07, 6.45) is 0.676. The largest absolute Gasteiger partial charge is 0.355 e. The Hall–Kier alpha value is -1.49. The van der Waals surface area contributed by atoms with Gasteiger partial charge in [-0.05, 0) is 51.8 Å². The summed E-state index contributed by atoms with van der Waals surface area (Å²) < 4.78 is 25.9. The summed E-state index contributed by atoms with van der Waals surface area (Å²) in [5, 5.41) is 2.87. The summed E-state index contributed by atoms with van der Waals surface area (Å²) in [6, 6.07) is 4.59. The SMILES string of the molecule is CC(C)N(CCNC(=O)CCc1ccc(F)c(F)c1)C(C)C. The third kappa shape index (κ3) is 6.10. The van der Waals surface area contributed by atoms with Gasteiger partial charge >= 0.3 is 0 Å². The quantitative estimate of drug-likeness (QED) is 0.800. The van der Waals surface area contributed by atoms with E-state index in [1.54, 1.807) is 0 Å². The first-order chi connectivity index (χ1) is 10.3. The van der Waals surface area contributed by atoms with Gasteiger partial charge < -0.3 is 5.32 Å². The van der Waals surface area contributed by atoms with Gasteiger partial charge in [0.2, 0.25) is 5.91 Å². The molecule has 0 aromatic heterocycles. The zero-order chi connectivity index (χ0) is 16.7. The van der Waals surface area contributed by atoms with Crippen LogP contribution >= 0.6 is 0 Å². The smallest absolute Gasteiger partial charge is 0.220 e. The summed E-state index contributed by atoms with van der Waals surface area (Å²) in [5.74, 6) is -1.81. The zero-order valence-corrected chi connectivity index (χ0v) is 13.8. The summed E-state index contributed by atoms with van der Waals surface area (Å²) in [4.78, 5) is 14.1. The molecule has 0 saturated carbocycles. The van der Waals surface area contributed by atoms with Crippen LogP contribution in [0.25, 0.3) is 0 Å². The molecule has 0 radical (unpaired) electrons. The number of nitrogens with one attached hydrogen (secondary N) is 1. The number of benzene rings is 1. The second-order valence-corrected chi connectivity index (χ2v) is 6.02. The predicted molar refractivity (Wildman–Crippen MR) is 84.7 cm³/mol. The molecule has 0 unspecified atom stereocenters. The monoisotopic (exact) mass is 312 g/mol. The molecule has 1 N–H and O–H groups in total. The van der Waals surface area contributed by atoms with Gasteiger partial charge in [-0.1, -0.05) is 6.07 Å². The van der Waals surface area contributed by atoms with E-state index in [2.05, 4.69) is 37.9 Å². The lowest BCUT2D eigenvalue weighted by Gasteiger charge is -2.30. The Labute approximate surface area is 131 Å². The number of carbonyl (C=O) groups is 1. The Morgan fingerprint density at radius 3 is 2.32 bits per heavy atom. The lowest BCUT2D eigenvalue weighted by atomic mass is 10.1. The fourth-order valence-electron chi connectivity index (χ4n) is 2.48. The van der Waals surface area contributed by atoms with Gasteiger partial charge in [0.15, 0.2) is 11.6 Å². The van der Waals surface area contributed by atoms with E-state index >= 15 is 0 Å². The Bertz CT molecular complexity index is 482. The van der Waals surface area contributed by atoms with Crippen LogP contribution in [0.3, 0.4) is 0 Å². The highest BCUT2D eigenvalue weighted by atomic mass is 19.2. The first-order valence-electron chi connectivity index (χ1n) is 7.77. The average Bonchev–Trinajstić information content (AvgIpc) is 2.44. The lowest BCUT2D eigenvalue weighted by Crippen LogP contribution is -2.42. The highest BCUT2D eigenvalue weighted by molar-refractivity contribution is 5.76. The van der Waals surface area contributed by atoms with Crippen LogP contribution in [-0.2, 0) is 11.2 Å². The van der Waals surface area contributed by atoms with Crippen LogP contribution in [-0.4, -0.2) is 36.0 Å². The molecule has 0 bridgehead atoms. The highest BCUT2D eigenvalue weighted by Crippen LogP contribution is 2.10. The van der Waals surface area contributed by atoms with Crippen molar-refractivity contribution < 1.29 is 13.6 Å². The molecule has 0 heterocycles. The normalized spacial score (nSPS) is 11.5. The van der Waals surface area contributed by atoms with Crippen molar-refractivity contribution in [3.05, 3.63) is 35.4 Å². The van der Waals surface area contributed by atoms with Gasteiger partial charge in [-0.2, -0.15) is 0 Å². The Morgan fingerprint density at radius 1 is 1.14 bits per heavy atom. The summed E-state index contributed by atoms with van der Waals surface area (Å²) in [7, 11) is 0. The van der Waals surface area contributed by atoms with Crippen LogP contribution in [0.4, 0.5) is 8.78 Å². The molecule has 22 heavy (non-hydrogen) atoms. The van der Waals surface area contributed by atoms with E-state index in [4.69, 9.17) is 0 Å². The Kier molecular flexibility index (Phi) is 7.45. The van der Waals surface area contributed by atoms with Crippen LogP contribution in [0.5, 0.6) is 0 Å². The van der Waals surface area contributed by atoms with Gasteiger partial charge in [0.05, 0.1) is 0 Å².